The number of nitrogens with zero attached hydrogens (tertiary/aromatic N) is 1. The average molecular weight is 233 g/mol. The molecule has 1 saturated heterocycles. The molecule has 1 N–H and O–H groups in total. The predicted octanol–water partition coefficient (Wildman–Crippen LogP) is 0.756. The number of hydrogen-bond donors (Lipinski definition) is 1. The Morgan fingerprint density at radius 3 is 3.00 bits per heavy atom. The number of ether oxygens (including phenoxy) is 1. The fourth-order valence-corrected chi connectivity index (χ4v) is 2.53. The summed E-state index contributed by atoms with van der Waals surface area (Å²) in [5.41, 5.74) is 0.971. The third-order valence-corrected chi connectivity index (χ3v) is 3.47. The molecule has 1 aromatic carbocycles. The molecule has 0 aliphatic carbocycles. The Morgan fingerprint density at radius 1 is 1.41 bits per heavy atom. The highest BCUT2D eigenvalue weighted by atomic mass is 16.5. The number of hydrogen-bond acceptors (Lipinski definition) is 3. The minimum absolute atomic E-state index is 0.0755. The average Bonchev–Trinajstić information content (AvgIpc) is 2.94. The van der Waals surface area contributed by atoms with Crippen LogP contribution in [0.5, 0.6) is 5.75 Å². The predicted molar refractivity (Wildman–Crippen MR) is 61.9 cm³/mol. The molecule has 2 aliphatic heterocycles. The third-order valence-electron chi connectivity index (χ3n) is 3.47. The molecule has 17 heavy (non-hydrogen) atoms. The van der Waals surface area contributed by atoms with Crippen LogP contribution in [-0.4, -0.2) is 41.7 Å². The molecule has 0 spiro atoms. The van der Waals surface area contributed by atoms with Gasteiger partial charge in [0.05, 0.1) is 6.10 Å². The maximum absolute atomic E-state index is 12.3. The van der Waals surface area contributed by atoms with E-state index in [1.165, 1.54) is 0 Å². The van der Waals surface area contributed by atoms with Crippen molar-refractivity contribution in [1.29, 1.82) is 0 Å². The molecule has 2 heterocycles. The number of benzene rings is 1. The van der Waals surface area contributed by atoms with Crippen LogP contribution in [0.25, 0.3) is 0 Å². The Hall–Kier alpha value is -1.55. The van der Waals surface area contributed by atoms with Gasteiger partial charge in [0.2, 0.25) is 5.91 Å². The number of β-amino-alcohol motifs (C(OH)–C–C–N with tert-alkyl or cyclic N) is 1. The van der Waals surface area contributed by atoms with Crippen molar-refractivity contribution in [3.05, 3.63) is 29.8 Å². The van der Waals surface area contributed by atoms with Crippen LogP contribution >= 0.6 is 0 Å². The lowest BCUT2D eigenvalue weighted by Gasteiger charge is -2.19. The lowest BCUT2D eigenvalue weighted by atomic mass is 10.00. The summed E-state index contributed by atoms with van der Waals surface area (Å²) < 4.78 is 5.51. The van der Waals surface area contributed by atoms with Gasteiger partial charge in [0, 0.05) is 18.7 Å². The van der Waals surface area contributed by atoms with Gasteiger partial charge in [-0.25, -0.2) is 0 Å². The van der Waals surface area contributed by atoms with Crippen LogP contribution < -0.4 is 4.74 Å². The summed E-state index contributed by atoms with van der Waals surface area (Å²) >= 11 is 0. The van der Waals surface area contributed by atoms with Crippen LogP contribution in [0.4, 0.5) is 0 Å². The molecule has 0 saturated carbocycles. The Morgan fingerprint density at radius 2 is 2.24 bits per heavy atom. The summed E-state index contributed by atoms with van der Waals surface area (Å²) in [5.74, 6) is 0.689. The normalized spacial score (nSPS) is 26.8. The highest BCUT2D eigenvalue weighted by molar-refractivity contribution is 5.85. The topological polar surface area (TPSA) is 49.8 Å². The van der Waals surface area contributed by atoms with Crippen LogP contribution in [0.2, 0.25) is 0 Å². The number of para-hydroxylation sites is 1. The van der Waals surface area contributed by atoms with Crippen molar-refractivity contribution in [2.45, 2.75) is 18.4 Å². The molecular weight excluding hydrogens is 218 g/mol. The zero-order valence-electron chi connectivity index (χ0n) is 9.50. The molecule has 1 fully saturated rings. The summed E-state index contributed by atoms with van der Waals surface area (Å²) in [5, 5.41) is 9.46. The van der Waals surface area contributed by atoms with Gasteiger partial charge in [-0.3, -0.25) is 4.79 Å². The first-order valence-corrected chi connectivity index (χ1v) is 5.94. The van der Waals surface area contributed by atoms with Gasteiger partial charge in [0.15, 0.2) is 0 Å². The van der Waals surface area contributed by atoms with E-state index >= 15 is 0 Å². The van der Waals surface area contributed by atoms with Gasteiger partial charge < -0.3 is 14.7 Å². The van der Waals surface area contributed by atoms with Crippen molar-refractivity contribution in [2.75, 3.05) is 19.7 Å². The van der Waals surface area contributed by atoms with Gasteiger partial charge in [0.1, 0.15) is 18.3 Å². The summed E-state index contributed by atoms with van der Waals surface area (Å²) in [4.78, 5) is 14.0. The highest BCUT2D eigenvalue weighted by Crippen LogP contribution is 2.35. The Bertz CT molecular complexity index is 446. The van der Waals surface area contributed by atoms with E-state index in [9.17, 15) is 9.90 Å². The van der Waals surface area contributed by atoms with Gasteiger partial charge >= 0.3 is 0 Å². The lowest BCUT2D eigenvalue weighted by Crippen LogP contribution is -2.34. The van der Waals surface area contributed by atoms with Crippen LogP contribution in [-0.2, 0) is 4.79 Å². The lowest BCUT2D eigenvalue weighted by molar-refractivity contribution is -0.132. The van der Waals surface area contributed by atoms with Crippen molar-refractivity contribution in [1.82, 2.24) is 4.90 Å². The second kappa shape index (κ2) is 4.04. The monoisotopic (exact) mass is 233 g/mol. The second-order valence-electron chi connectivity index (χ2n) is 4.63. The van der Waals surface area contributed by atoms with E-state index in [0.717, 1.165) is 11.3 Å². The van der Waals surface area contributed by atoms with Gasteiger partial charge in [-0.2, -0.15) is 0 Å². The van der Waals surface area contributed by atoms with E-state index in [1.54, 1.807) is 4.90 Å². The fourth-order valence-electron chi connectivity index (χ4n) is 2.53. The number of rotatable bonds is 1. The molecule has 4 nitrogen and oxygen atoms in total. The van der Waals surface area contributed by atoms with Crippen LogP contribution in [0, 0.1) is 0 Å². The Labute approximate surface area is 99.8 Å². The van der Waals surface area contributed by atoms with E-state index in [1.807, 2.05) is 24.3 Å². The zero-order valence-corrected chi connectivity index (χ0v) is 9.50. The summed E-state index contributed by atoms with van der Waals surface area (Å²) in [6, 6.07) is 7.66. The first-order chi connectivity index (χ1) is 8.25. The highest BCUT2D eigenvalue weighted by Gasteiger charge is 2.35. The van der Waals surface area contributed by atoms with Gasteiger partial charge in [-0.15, -0.1) is 0 Å². The van der Waals surface area contributed by atoms with Crippen molar-refractivity contribution < 1.29 is 14.6 Å². The quantitative estimate of drug-likeness (QED) is 0.779. The molecule has 2 aliphatic rings. The molecule has 4 heteroatoms. The van der Waals surface area contributed by atoms with E-state index < -0.39 is 0 Å². The number of amides is 1. The Balaban J connectivity index is 1.80. The van der Waals surface area contributed by atoms with Gasteiger partial charge in [-0.05, 0) is 12.5 Å². The molecular formula is C13H15NO3. The van der Waals surface area contributed by atoms with E-state index in [4.69, 9.17) is 4.74 Å². The van der Waals surface area contributed by atoms with Crippen LogP contribution in [0.15, 0.2) is 24.3 Å². The van der Waals surface area contributed by atoms with E-state index in [0.29, 0.717) is 26.1 Å². The minimum atomic E-state index is -0.364. The first kappa shape index (κ1) is 10.6. The largest absolute Gasteiger partial charge is 0.492 e. The number of fused-ring (bicyclic) bond motifs is 1. The maximum Gasteiger partial charge on any atom is 0.233 e. The first-order valence-electron chi connectivity index (χ1n) is 5.94. The summed E-state index contributed by atoms with van der Waals surface area (Å²) in [7, 11) is 0. The molecule has 2 unspecified atom stereocenters. The van der Waals surface area contributed by atoms with Crippen molar-refractivity contribution in [3.63, 3.8) is 0 Å². The minimum Gasteiger partial charge on any atom is -0.492 e. The van der Waals surface area contributed by atoms with Crippen LogP contribution in [0.1, 0.15) is 17.9 Å². The summed E-state index contributed by atoms with van der Waals surface area (Å²) in [6.45, 7) is 1.53. The molecule has 2 atom stereocenters. The van der Waals surface area contributed by atoms with Crippen molar-refractivity contribution in [3.8, 4) is 5.75 Å². The third kappa shape index (κ3) is 1.78. The number of aliphatic hydroxyl groups excluding tert-OH is 1. The fraction of sp³-hybridized carbons (Fsp3) is 0.462. The molecule has 0 bridgehead atoms. The standard InChI is InChI=1S/C13H15NO3/c15-9-5-6-14(7-9)13(16)11-8-17-12-4-2-1-3-10(11)12/h1-4,9,11,15H,5-8H2. The SMILES string of the molecule is O=C(C1COc2ccccc21)N1CCC(O)C1. The molecule has 3 rings (SSSR count). The molecule has 0 aromatic heterocycles. The van der Waals surface area contributed by atoms with Crippen molar-refractivity contribution in [2.24, 2.45) is 0 Å². The van der Waals surface area contributed by atoms with Gasteiger partial charge in [-0.1, -0.05) is 18.2 Å². The maximum atomic E-state index is 12.3. The molecule has 1 aromatic rings. The molecule has 0 radical (unpaired) electrons. The summed E-state index contributed by atoms with van der Waals surface area (Å²) in [6.07, 6.45) is 0.317. The molecule has 1 amide bonds. The Kier molecular flexibility index (Phi) is 2.52. The number of carbonyl (C=O) groups excluding carboxylic acids is 1. The van der Waals surface area contributed by atoms with Crippen molar-refractivity contribution >= 4 is 5.91 Å². The second-order valence-corrected chi connectivity index (χ2v) is 4.63. The zero-order chi connectivity index (χ0) is 11.8. The molecule has 90 valence electrons. The van der Waals surface area contributed by atoms with Gasteiger partial charge in [0.25, 0.3) is 0 Å². The van der Waals surface area contributed by atoms with Crippen LogP contribution in [0.3, 0.4) is 0 Å². The van der Waals surface area contributed by atoms with E-state index in [2.05, 4.69) is 0 Å². The van der Waals surface area contributed by atoms with E-state index in [-0.39, 0.29) is 17.9 Å². The smallest absolute Gasteiger partial charge is 0.233 e. The number of aliphatic hydroxyl groups is 1. The number of likely N-dealkylation sites (tertiary alicyclic amines) is 1. The number of carbonyl (C=O) groups is 1.